The van der Waals surface area contributed by atoms with Gasteiger partial charge in [-0.15, -0.1) is 0 Å². The van der Waals surface area contributed by atoms with Gasteiger partial charge < -0.3 is 15.3 Å². The number of hydrogen-bond donors (Lipinski definition) is 2. The van der Waals surface area contributed by atoms with Crippen molar-refractivity contribution >= 4 is 5.69 Å². The Morgan fingerprint density at radius 2 is 2.17 bits per heavy atom. The summed E-state index contributed by atoms with van der Waals surface area (Å²) in [6.45, 7) is 6.42. The number of fused-ring (bicyclic) bond motifs is 1. The second kappa shape index (κ2) is 5.72. The Balaban J connectivity index is 1.99. The molecule has 1 aromatic carbocycles. The Hall–Kier alpha value is -1.06. The van der Waals surface area contributed by atoms with Crippen molar-refractivity contribution in [2.45, 2.75) is 32.9 Å². The first kappa shape index (κ1) is 13.4. The van der Waals surface area contributed by atoms with E-state index in [9.17, 15) is 5.11 Å². The summed E-state index contributed by atoms with van der Waals surface area (Å²) in [4.78, 5) is 2.30. The van der Waals surface area contributed by atoms with E-state index in [0.29, 0.717) is 5.92 Å². The van der Waals surface area contributed by atoms with Crippen LogP contribution in [0.5, 0.6) is 0 Å². The van der Waals surface area contributed by atoms with Gasteiger partial charge in [0.2, 0.25) is 0 Å². The minimum absolute atomic E-state index is 0.181. The largest absolute Gasteiger partial charge is 0.395 e. The zero-order valence-electron chi connectivity index (χ0n) is 11.6. The lowest BCUT2D eigenvalue weighted by atomic mass is 10.0. The number of nitrogens with one attached hydrogen (secondary N) is 1. The van der Waals surface area contributed by atoms with Gasteiger partial charge in [-0.2, -0.15) is 0 Å². The summed E-state index contributed by atoms with van der Waals surface area (Å²) in [6.07, 6.45) is 1.15. The molecule has 1 atom stereocenters. The van der Waals surface area contributed by atoms with E-state index in [-0.39, 0.29) is 12.6 Å². The van der Waals surface area contributed by atoms with Crippen LogP contribution < -0.4 is 10.2 Å². The summed E-state index contributed by atoms with van der Waals surface area (Å²) in [5, 5.41) is 12.7. The van der Waals surface area contributed by atoms with E-state index in [1.165, 1.54) is 16.8 Å². The number of anilines is 1. The molecule has 18 heavy (non-hydrogen) atoms. The maximum absolute atomic E-state index is 9.29. The molecule has 1 aromatic rings. The van der Waals surface area contributed by atoms with Gasteiger partial charge in [-0.05, 0) is 29.5 Å². The molecule has 1 aliphatic rings. The molecular formula is C15H24N2O. The van der Waals surface area contributed by atoms with E-state index >= 15 is 0 Å². The van der Waals surface area contributed by atoms with Crippen molar-refractivity contribution < 1.29 is 5.11 Å². The third-order valence-corrected chi connectivity index (χ3v) is 3.84. The lowest BCUT2D eigenvalue weighted by molar-refractivity contribution is 0.210. The minimum atomic E-state index is 0.181. The fraction of sp³-hybridized carbons (Fsp3) is 0.600. The van der Waals surface area contributed by atoms with Crippen molar-refractivity contribution in [1.82, 2.24) is 5.32 Å². The van der Waals surface area contributed by atoms with Crippen LogP contribution in [-0.2, 0) is 13.0 Å². The van der Waals surface area contributed by atoms with Gasteiger partial charge in [-0.1, -0.05) is 26.0 Å². The fourth-order valence-corrected chi connectivity index (χ4v) is 2.49. The first-order valence-corrected chi connectivity index (χ1v) is 6.79. The predicted molar refractivity (Wildman–Crippen MR) is 76.0 cm³/mol. The lowest BCUT2D eigenvalue weighted by Gasteiger charge is -2.20. The van der Waals surface area contributed by atoms with Crippen LogP contribution in [0.3, 0.4) is 0 Å². The van der Waals surface area contributed by atoms with Gasteiger partial charge in [-0.3, -0.25) is 0 Å². The highest BCUT2D eigenvalue weighted by atomic mass is 16.3. The van der Waals surface area contributed by atoms with Crippen molar-refractivity contribution in [3.8, 4) is 0 Å². The third-order valence-electron chi connectivity index (χ3n) is 3.84. The molecule has 2 rings (SSSR count). The maximum Gasteiger partial charge on any atom is 0.0587 e. The van der Waals surface area contributed by atoms with Crippen LogP contribution in [0.4, 0.5) is 5.69 Å². The average Bonchev–Trinajstić information content (AvgIpc) is 2.71. The SMILES string of the molecule is CC(C)[C@@H](CO)NCc1ccc2c(c1)CCN2C. The Morgan fingerprint density at radius 3 is 2.83 bits per heavy atom. The van der Waals surface area contributed by atoms with E-state index in [0.717, 1.165) is 19.5 Å². The number of aliphatic hydroxyl groups excluding tert-OH is 1. The summed E-state index contributed by atoms with van der Waals surface area (Å²) >= 11 is 0. The number of hydrogen-bond acceptors (Lipinski definition) is 3. The predicted octanol–water partition coefficient (Wildman–Crippen LogP) is 1.79. The molecule has 0 radical (unpaired) electrons. The number of benzene rings is 1. The zero-order valence-corrected chi connectivity index (χ0v) is 11.6. The molecule has 2 N–H and O–H groups in total. The number of likely N-dealkylation sites (N-methyl/N-ethyl adjacent to an activating group) is 1. The monoisotopic (exact) mass is 248 g/mol. The Morgan fingerprint density at radius 1 is 1.39 bits per heavy atom. The number of rotatable bonds is 5. The van der Waals surface area contributed by atoms with Crippen LogP contribution in [-0.4, -0.2) is 31.3 Å². The van der Waals surface area contributed by atoms with Gasteiger partial charge in [0.15, 0.2) is 0 Å². The fourth-order valence-electron chi connectivity index (χ4n) is 2.49. The highest BCUT2D eigenvalue weighted by Crippen LogP contribution is 2.27. The molecule has 1 heterocycles. The van der Waals surface area contributed by atoms with Gasteiger partial charge in [0.1, 0.15) is 0 Å². The average molecular weight is 248 g/mol. The molecule has 100 valence electrons. The smallest absolute Gasteiger partial charge is 0.0587 e. The number of nitrogens with zero attached hydrogens (tertiary/aromatic N) is 1. The molecule has 0 saturated carbocycles. The molecule has 0 spiro atoms. The summed E-state index contributed by atoms with van der Waals surface area (Å²) < 4.78 is 0. The van der Waals surface area contributed by atoms with Gasteiger partial charge in [0, 0.05) is 31.9 Å². The van der Waals surface area contributed by atoms with E-state index in [1.54, 1.807) is 0 Å². The van der Waals surface area contributed by atoms with E-state index < -0.39 is 0 Å². The summed E-state index contributed by atoms with van der Waals surface area (Å²) in [5.41, 5.74) is 4.12. The molecule has 3 heteroatoms. The second-order valence-electron chi connectivity index (χ2n) is 5.55. The van der Waals surface area contributed by atoms with Crippen molar-refractivity contribution in [2.75, 3.05) is 25.1 Å². The zero-order chi connectivity index (χ0) is 13.1. The molecule has 0 aliphatic carbocycles. The van der Waals surface area contributed by atoms with Gasteiger partial charge >= 0.3 is 0 Å². The summed E-state index contributed by atoms with van der Waals surface area (Å²) in [6, 6.07) is 6.87. The standard InChI is InChI=1S/C15H24N2O/c1-11(2)14(10-18)16-9-12-4-5-15-13(8-12)6-7-17(15)3/h4-5,8,11,14,16,18H,6-7,9-10H2,1-3H3/t14-/m1/s1. The van der Waals surface area contributed by atoms with E-state index in [2.05, 4.69) is 49.3 Å². The van der Waals surface area contributed by atoms with Crippen LogP contribution in [0.2, 0.25) is 0 Å². The van der Waals surface area contributed by atoms with Crippen LogP contribution >= 0.6 is 0 Å². The van der Waals surface area contributed by atoms with Crippen LogP contribution in [0, 0.1) is 5.92 Å². The molecule has 0 aromatic heterocycles. The normalized spacial score (nSPS) is 16.2. The molecule has 0 bridgehead atoms. The van der Waals surface area contributed by atoms with Crippen molar-refractivity contribution in [1.29, 1.82) is 0 Å². The highest BCUT2D eigenvalue weighted by Gasteiger charge is 2.16. The quantitative estimate of drug-likeness (QED) is 0.834. The van der Waals surface area contributed by atoms with Gasteiger partial charge in [0.05, 0.1) is 6.61 Å². The van der Waals surface area contributed by atoms with Crippen LogP contribution in [0.25, 0.3) is 0 Å². The Bertz CT molecular complexity index is 403. The summed E-state index contributed by atoms with van der Waals surface area (Å²) in [7, 11) is 2.14. The minimum Gasteiger partial charge on any atom is -0.395 e. The first-order valence-electron chi connectivity index (χ1n) is 6.79. The van der Waals surface area contributed by atoms with E-state index in [4.69, 9.17) is 0 Å². The molecule has 0 unspecified atom stereocenters. The van der Waals surface area contributed by atoms with Crippen molar-refractivity contribution in [3.05, 3.63) is 29.3 Å². The lowest BCUT2D eigenvalue weighted by Crippen LogP contribution is -2.36. The molecule has 0 amide bonds. The molecular weight excluding hydrogens is 224 g/mol. The number of aliphatic hydroxyl groups is 1. The van der Waals surface area contributed by atoms with Crippen molar-refractivity contribution in [2.24, 2.45) is 5.92 Å². The Labute approximate surface area is 110 Å². The third kappa shape index (κ3) is 2.85. The Kier molecular flexibility index (Phi) is 4.25. The van der Waals surface area contributed by atoms with Crippen molar-refractivity contribution in [3.63, 3.8) is 0 Å². The maximum atomic E-state index is 9.29. The molecule has 0 saturated heterocycles. The topological polar surface area (TPSA) is 35.5 Å². The van der Waals surface area contributed by atoms with Crippen LogP contribution in [0.15, 0.2) is 18.2 Å². The van der Waals surface area contributed by atoms with Crippen LogP contribution in [0.1, 0.15) is 25.0 Å². The highest BCUT2D eigenvalue weighted by molar-refractivity contribution is 5.58. The first-order chi connectivity index (χ1) is 8.61. The molecule has 0 fully saturated rings. The second-order valence-corrected chi connectivity index (χ2v) is 5.55. The van der Waals surface area contributed by atoms with E-state index in [1.807, 2.05) is 0 Å². The summed E-state index contributed by atoms with van der Waals surface area (Å²) in [5.74, 6) is 0.454. The van der Waals surface area contributed by atoms with Gasteiger partial charge in [0.25, 0.3) is 0 Å². The molecule has 1 aliphatic heterocycles. The molecule has 3 nitrogen and oxygen atoms in total. The van der Waals surface area contributed by atoms with Gasteiger partial charge in [-0.25, -0.2) is 0 Å².